The van der Waals surface area contributed by atoms with Crippen LogP contribution in [0.1, 0.15) is 26.7 Å². The van der Waals surface area contributed by atoms with Gasteiger partial charge in [0.1, 0.15) is 5.60 Å². The highest BCUT2D eigenvalue weighted by molar-refractivity contribution is 4.97. The van der Waals surface area contributed by atoms with E-state index in [2.05, 4.69) is 5.92 Å². The van der Waals surface area contributed by atoms with Crippen LogP contribution in [0, 0.1) is 12.3 Å². The van der Waals surface area contributed by atoms with Gasteiger partial charge in [-0.25, -0.2) is 0 Å². The molecule has 0 aromatic heterocycles. The average molecular weight is 142 g/mol. The molecule has 0 aromatic carbocycles. The molecule has 10 heavy (non-hydrogen) atoms. The molecule has 0 aliphatic carbocycles. The highest BCUT2D eigenvalue weighted by atomic mass is 16.3. The molecule has 0 saturated carbocycles. The predicted octanol–water partition coefficient (Wildman–Crippen LogP) is 0.532. The number of aliphatic hydroxyl groups excluding tert-OH is 1. The Bertz CT molecular complexity index is 135. The second-order valence-corrected chi connectivity index (χ2v) is 2.51. The molecule has 0 aliphatic heterocycles. The molecule has 2 unspecified atom stereocenters. The third-order valence-corrected chi connectivity index (χ3v) is 1.80. The molecule has 0 rings (SSSR count). The van der Waals surface area contributed by atoms with Crippen LogP contribution in [0.2, 0.25) is 0 Å². The van der Waals surface area contributed by atoms with Gasteiger partial charge in [0, 0.05) is 6.42 Å². The first-order valence-corrected chi connectivity index (χ1v) is 3.40. The zero-order chi connectivity index (χ0) is 8.20. The third-order valence-electron chi connectivity index (χ3n) is 1.80. The van der Waals surface area contributed by atoms with Crippen LogP contribution in [-0.2, 0) is 0 Å². The molecular formula is C8H14O2. The van der Waals surface area contributed by atoms with Gasteiger partial charge < -0.3 is 10.2 Å². The first-order chi connectivity index (χ1) is 4.56. The Morgan fingerprint density at radius 3 is 2.30 bits per heavy atom. The van der Waals surface area contributed by atoms with Crippen LogP contribution >= 0.6 is 0 Å². The molecule has 2 nitrogen and oxygen atoms in total. The number of hydrogen-bond acceptors (Lipinski definition) is 2. The van der Waals surface area contributed by atoms with Crippen LogP contribution in [0.3, 0.4) is 0 Å². The average Bonchev–Trinajstić information content (AvgIpc) is 1.88. The molecule has 0 heterocycles. The quantitative estimate of drug-likeness (QED) is 0.564. The molecule has 2 atom stereocenters. The van der Waals surface area contributed by atoms with Gasteiger partial charge in [-0.1, -0.05) is 6.92 Å². The first-order valence-electron chi connectivity index (χ1n) is 3.40. The summed E-state index contributed by atoms with van der Waals surface area (Å²) in [7, 11) is 0. The Labute approximate surface area is 61.9 Å². The number of hydrogen-bond donors (Lipinski definition) is 2. The number of aliphatic hydroxyl groups is 2. The second kappa shape index (κ2) is 3.60. The minimum absolute atomic E-state index is 0.209. The molecule has 2 N–H and O–H groups in total. The minimum atomic E-state index is -1.09. The van der Waals surface area contributed by atoms with Crippen molar-refractivity contribution < 1.29 is 10.2 Å². The Morgan fingerprint density at radius 2 is 2.20 bits per heavy atom. The summed E-state index contributed by atoms with van der Waals surface area (Å²) in [6, 6.07) is 0. The van der Waals surface area contributed by atoms with Crippen molar-refractivity contribution in [3.63, 3.8) is 0 Å². The molecule has 2 heteroatoms. The third kappa shape index (κ3) is 2.02. The first kappa shape index (κ1) is 9.48. The molecule has 0 bridgehead atoms. The largest absolute Gasteiger partial charge is 0.390 e. The molecule has 0 saturated heterocycles. The van der Waals surface area contributed by atoms with Crippen LogP contribution < -0.4 is 0 Å². The van der Waals surface area contributed by atoms with Crippen LogP contribution in [-0.4, -0.2) is 21.9 Å². The number of terminal acetylenes is 1. The smallest absolute Gasteiger partial charge is 0.101 e. The topological polar surface area (TPSA) is 40.5 Å². The molecule has 0 fully saturated rings. The zero-order valence-electron chi connectivity index (χ0n) is 6.46. The van der Waals surface area contributed by atoms with Crippen molar-refractivity contribution in [2.45, 2.75) is 38.4 Å². The second-order valence-electron chi connectivity index (χ2n) is 2.51. The standard InChI is InChI=1S/C8H14O2/c1-4-6-8(10,5-2)7(3)9/h1,7,9-10H,5-6H2,2-3H3. The molecular weight excluding hydrogens is 128 g/mol. The summed E-state index contributed by atoms with van der Waals surface area (Å²) in [5, 5.41) is 18.6. The van der Waals surface area contributed by atoms with E-state index in [4.69, 9.17) is 11.5 Å². The van der Waals surface area contributed by atoms with Crippen LogP contribution in [0.25, 0.3) is 0 Å². The van der Waals surface area contributed by atoms with E-state index >= 15 is 0 Å². The van der Waals surface area contributed by atoms with Crippen LogP contribution in [0.4, 0.5) is 0 Å². The highest BCUT2D eigenvalue weighted by Gasteiger charge is 2.29. The van der Waals surface area contributed by atoms with Gasteiger partial charge in [0.25, 0.3) is 0 Å². The SMILES string of the molecule is C#CCC(O)(CC)C(C)O. The Morgan fingerprint density at radius 1 is 1.70 bits per heavy atom. The lowest BCUT2D eigenvalue weighted by Crippen LogP contribution is -2.39. The van der Waals surface area contributed by atoms with Crippen molar-refractivity contribution in [2.75, 3.05) is 0 Å². The van der Waals surface area contributed by atoms with Gasteiger partial charge in [0.15, 0.2) is 0 Å². The van der Waals surface area contributed by atoms with Crippen molar-refractivity contribution in [1.82, 2.24) is 0 Å². The maximum absolute atomic E-state index is 9.50. The maximum Gasteiger partial charge on any atom is 0.101 e. The predicted molar refractivity (Wildman–Crippen MR) is 40.4 cm³/mol. The van der Waals surface area contributed by atoms with Crippen molar-refractivity contribution >= 4 is 0 Å². The van der Waals surface area contributed by atoms with Gasteiger partial charge in [0.05, 0.1) is 6.10 Å². The van der Waals surface area contributed by atoms with Gasteiger partial charge in [0.2, 0.25) is 0 Å². The number of rotatable bonds is 3. The fourth-order valence-electron chi connectivity index (χ4n) is 0.745. The van der Waals surface area contributed by atoms with Gasteiger partial charge in [-0.3, -0.25) is 0 Å². The summed E-state index contributed by atoms with van der Waals surface area (Å²) in [5.74, 6) is 2.33. The zero-order valence-corrected chi connectivity index (χ0v) is 6.46. The minimum Gasteiger partial charge on any atom is -0.390 e. The fraction of sp³-hybridized carbons (Fsp3) is 0.750. The monoisotopic (exact) mass is 142 g/mol. The lowest BCUT2D eigenvalue weighted by Gasteiger charge is -2.27. The van der Waals surface area contributed by atoms with E-state index in [-0.39, 0.29) is 6.42 Å². The highest BCUT2D eigenvalue weighted by Crippen LogP contribution is 2.18. The Hall–Kier alpha value is -0.520. The molecule has 0 aromatic rings. The molecule has 0 aliphatic rings. The van der Waals surface area contributed by atoms with Gasteiger partial charge in [-0.15, -0.1) is 12.3 Å². The molecule has 58 valence electrons. The maximum atomic E-state index is 9.50. The molecule has 0 radical (unpaired) electrons. The van der Waals surface area contributed by atoms with Gasteiger partial charge in [-0.2, -0.15) is 0 Å². The van der Waals surface area contributed by atoms with Gasteiger partial charge in [-0.05, 0) is 13.3 Å². The van der Waals surface area contributed by atoms with E-state index in [1.54, 1.807) is 13.8 Å². The van der Waals surface area contributed by atoms with Gasteiger partial charge >= 0.3 is 0 Å². The van der Waals surface area contributed by atoms with Crippen molar-refractivity contribution in [3.05, 3.63) is 0 Å². The Balaban J connectivity index is 4.11. The van der Waals surface area contributed by atoms with Crippen LogP contribution in [0.15, 0.2) is 0 Å². The summed E-state index contributed by atoms with van der Waals surface area (Å²) in [5.41, 5.74) is -1.09. The fourth-order valence-corrected chi connectivity index (χ4v) is 0.745. The summed E-state index contributed by atoms with van der Waals surface area (Å²) in [6.07, 6.45) is 4.94. The van der Waals surface area contributed by atoms with E-state index in [0.717, 1.165) is 0 Å². The summed E-state index contributed by atoms with van der Waals surface area (Å²) in [4.78, 5) is 0. The summed E-state index contributed by atoms with van der Waals surface area (Å²) in [6.45, 7) is 3.34. The van der Waals surface area contributed by atoms with E-state index in [0.29, 0.717) is 6.42 Å². The van der Waals surface area contributed by atoms with Crippen molar-refractivity contribution in [3.8, 4) is 12.3 Å². The summed E-state index contributed by atoms with van der Waals surface area (Å²) < 4.78 is 0. The van der Waals surface area contributed by atoms with Crippen LogP contribution in [0.5, 0.6) is 0 Å². The van der Waals surface area contributed by atoms with E-state index in [1.165, 1.54) is 0 Å². The van der Waals surface area contributed by atoms with E-state index < -0.39 is 11.7 Å². The lowest BCUT2D eigenvalue weighted by molar-refractivity contribution is -0.0645. The van der Waals surface area contributed by atoms with E-state index in [9.17, 15) is 5.11 Å². The van der Waals surface area contributed by atoms with E-state index in [1.807, 2.05) is 0 Å². The summed E-state index contributed by atoms with van der Waals surface area (Å²) >= 11 is 0. The molecule has 0 spiro atoms. The normalized spacial score (nSPS) is 19.1. The molecule has 0 amide bonds. The van der Waals surface area contributed by atoms with Crippen molar-refractivity contribution in [2.24, 2.45) is 0 Å². The Kier molecular flexibility index (Phi) is 3.41. The van der Waals surface area contributed by atoms with Crippen molar-refractivity contribution in [1.29, 1.82) is 0 Å². The lowest BCUT2D eigenvalue weighted by atomic mass is 9.91.